The van der Waals surface area contributed by atoms with Crippen molar-refractivity contribution in [2.75, 3.05) is 0 Å². The average molecular weight is 197 g/mol. The van der Waals surface area contributed by atoms with Gasteiger partial charge < -0.3 is 0 Å². The van der Waals surface area contributed by atoms with Crippen LogP contribution in [0.1, 0.15) is 26.3 Å². The Balaban J connectivity index is 2.35. The summed E-state index contributed by atoms with van der Waals surface area (Å²) >= 11 is 0. The second-order valence-corrected chi connectivity index (χ2v) is 4.16. The summed E-state index contributed by atoms with van der Waals surface area (Å²) in [7, 11) is 0. The Bertz CT molecular complexity index is 276. The lowest BCUT2D eigenvalue weighted by atomic mass is 10.2. The Labute approximate surface area is 84.0 Å². The number of benzene rings is 1. The third-order valence-electron chi connectivity index (χ3n) is 1.57. The number of nitrogens with one attached hydrogen (secondary N) is 1. The molecule has 2 nitrogen and oxygen atoms in total. The minimum Gasteiger partial charge on any atom is -0.296 e. The first kappa shape index (κ1) is 11.1. The summed E-state index contributed by atoms with van der Waals surface area (Å²) in [5.41, 5.74) is 3.63. The first-order chi connectivity index (χ1) is 6.47. The maximum absolute atomic E-state index is 12.5. The first-order valence-electron chi connectivity index (χ1n) is 4.63. The van der Waals surface area contributed by atoms with E-state index >= 15 is 0 Å². The largest absolute Gasteiger partial charge is 0.296 e. The molecule has 0 amide bonds. The topological polar surface area (TPSA) is 21.3 Å². The van der Waals surface area contributed by atoms with Gasteiger partial charge in [-0.25, -0.2) is 4.39 Å². The van der Waals surface area contributed by atoms with Gasteiger partial charge >= 0.3 is 0 Å². The van der Waals surface area contributed by atoms with E-state index in [9.17, 15) is 4.39 Å². The van der Waals surface area contributed by atoms with E-state index < -0.39 is 0 Å². The summed E-state index contributed by atoms with van der Waals surface area (Å²) in [6.07, 6.45) is 0. The van der Waals surface area contributed by atoms with Gasteiger partial charge in [0, 0.05) is 6.54 Å². The van der Waals surface area contributed by atoms with E-state index in [4.69, 9.17) is 4.84 Å². The summed E-state index contributed by atoms with van der Waals surface area (Å²) in [6, 6.07) is 6.34. The monoisotopic (exact) mass is 197 g/mol. The molecule has 0 heterocycles. The van der Waals surface area contributed by atoms with Crippen LogP contribution in [0, 0.1) is 5.82 Å². The van der Waals surface area contributed by atoms with Gasteiger partial charge in [-0.15, -0.1) is 0 Å². The molecule has 0 aliphatic carbocycles. The minimum atomic E-state index is -0.217. The molecule has 1 aromatic carbocycles. The van der Waals surface area contributed by atoms with E-state index in [-0.39, 0.29) is 11.4 Å². The predicted molar refractivity (Wildman–Crippen MR) is 54.1 cm³/mol. The quantitative estimate of drug-likeness (QED) is 0.752. The van der Waals surface area contributed by atoms with Crippen molar-refractivity contribution in [2.24, 2.45) is 0 Å². The highest BCUT2D eigenvalue weighted by molar-refractivity contribution is 5.15. The van der Waals surface area contributed by atoms with Crippen LogP contribution < -0.4 is 5.48 Å². The minimum absolute atomic E-state index is 0.208. The molecule has 0 saturated carbocycles. The third kappa shape index (κ3) is 4.35. The molecule has 0 spiro atoms. The lowest BCUT2D eigenvalue weighted by Gasteiger charge is -2.19. The van der Waals surface area contributed by atoms with Crippen molar-refractivity contribution in [3.63, 3.8) is 0 Å². The SMILES string of the molecule is CC(C)(C)ONCc1ccc(F)cc1. The molecule has 3 heteroatoms. The molecule has 1 rings (SSSR count). The smallest absolute Gasteiger partial charge is 0.123 e. The summed E-state index contributed by atoms with van der Waals surface area (Å²) in [6.45, 7) is 6.47. The lowest BCUT2D eigenvalue weighted by molar-refractivity contribution is -0.0757. The molecule has 0 unspecified atom stereocenters. The van der Waals surface area contributed by atoms with Gasteiger partial charge in [0.05, 0.1) is 5.60 Å². The van der Waals surface area contributed by atoms with Crippen molar-refractivity contribution in [3.05, 3.63) is 35.6 Å². The van der Waals surface area contributed by atoms with Gasteiger partial charge in [-0.05, 0) is 38.5 Å². The Morgan fingerprint density at radius 2 is 1.79 bits per heavy atom. The lowest BCUT2D eigenvalue weighted by Crippen LogP contribution is -2.28. The Morgan fingerprint density at radius 3 is 2.29 bits per heavy atom. The Morgan fingerprint density at radius 1 is 1.21 bits per heavy atom. The van der Waals surface area contributed by atoms with E-state index in [0.29, 0.717) is 6.54 Å². The van der Waals surface area contributed by atoms with E-state index in [0.717, 1.165) is 5.56 Å². The summed E-state index contributed by atoms with van der Waals surface area (Å²) in [5.74, 6) is -0.217. The fourth-order valence-corrected chi connectivity index (χ4v) is 0.938. The average Bonchev–Trinajstić information content (AvgIpc) is 2.06. The molecule has 0 saturated heterocycles. The van der Waals surface area contributed by atoms with Gasteiger partial charge in [0.2, 0.25) is 0 Å². The van der Waals surface area contributed by atoms with E-state index in [1.807, 2.05) is 20.8 Å². The Hall–Kier alpha value is -0.930. The number of halogens is 1. The van der Waals surface area contributed by atoms with Gasteiger partial charge in [-0.3, -0.25) is 4.84 Å². The third-order valence-corrected chi connectivity index (χ3v) is 1.57. The van der Waals surface area contributed by atoms with E-state index in [2.05, 4.69) is 5.48 Å². The molecule has 78 valence electrons. The number of rotatable bonds is 3. The fourth-order valence-electron chi connectivity index (χ4n) is 0.938. The van der Waals surface area contributed by atoms with E-state index in [1.165, 1.54) is 12.1 Å². The second-order valence-electron chi connectivity index (χ2n) is 4.16. The molecule has 0 aromatic heterocycles. The van der Waals surface area contributed by atoms with E-state index in [1.54, 1.807) is 12.1 Å². The van der Waals surface area contributed by atoms with Gasteiger partial charge in [0.25, 0.3) is 0 Å². The van der Waals surface area contributed by atoms with Crippen LogP contribution in [0.25, 0.3) is 0 Å². The number of hydroxylamine groups is 1. The highest BCUT2D eigenvalue weighted by Gasteiger charge is 2.09. The fraction of sp³-hybridized carbons (Fsp3) is 0.455. The highest BCUT2D eigenvalue weighted by Crippen LogP contribution is 2.06. The molecule has 0 aliphatic rings. The van der Waals surface area contributed by atoms with Crippen LogP contribution in [0.15, 0.2) is 24.3 Å². The standard InChI is InChI=1S/C11H16FNO/c1-11(2,3)14-13-8-9-4-6-10(12)7-5-9/h4-7,13H,8H2,1-3H3. The molecular formula is C11H16FNO. The molecular weight excluding hydrogens is 181 g/mol. The summed E-state index contributed by atoms with van der Waals surface area (Å²) < 4.78 is 12.5. The normalized spacial score (nSPS) is 11.7. The Kier molecular flexibility index (Phi) is 3.61. The van der Waals surface area contributed by atoms with Gasteiger partial charge in [0.15, 0.2) is 0 Å². The maximum atomic E-state index is 12.5. The van der Waals surface area contributed by atoms with Crippen LogP contribution in [0.5, 0.6) is 0 Å². The van der Waals surface area contributed by atoms with Crippen molar-refractivity contribution in [1.29, 1.82) is 0 Å². The molecule has 1 aromatic rings. The van der Waals surface area contributed by atoms with Gasteiger partial charge in [0.1, 0.15) is 5.82 Å². The molecule has 0 radical (unpaired) electrons. The summed E-state index contributed by atoms with van der Waals surface area (Å²) in [4.78, 5) is 5.32. The van der Waals surface area contributed by atoms with Crippen LogP contribution in [0.2, 0.25) is 0 Å². The predicted octanol–water partition coefficient (Wildman–Crippen LogP) is 2.65. The van der Waals surface area contributed by atoms with Crippen molar-refractivity contribution >= 4 is 0 Å². The van der Waals surface area contributed by atoms with Crippen LogP contribution in [-0.4, -0.2) is 5.60 Å². The van der Waals surface area contributed by atoms with Crippen molar-refractivity contribution in [2.45, 2.75) is 32.9 Å². The molecule has 0 aliphatic heterocycles. The molecule has 1 N–H and O–H groups in total. The second kappa shape index (κ2) is 4.53. The van der Waals surface area contributed by atoms with Crippen LogP contribution in [-0.2, 0) is 11.4 Å². The molecule has 14 heavy (non-hydrogen) atoms. The zero-order valence-corrected chi connectivity index (χ0v) is 8.80. The van der Waals surface area contributed by atoms with Crippen LogP contribution in [0.4, 0.5) is 4.39 Å². The van der Waals surface area contributed by atoms with Gasteiger partial charge in [-0.1, -0.05) is 12.1 Å². The number of hydrogen-bond donors (Lipinski definition) is 1. The highest BCUT2D eigenvalue weighted by atomic mass is 19.1. The maximum Gasteiger partial charge on any atom is 0.123 e. The van der Waals surface area contributed by atoms with Crippen molar-refractivity contribution in [3.8, 4) is 0 Å². The van der Waals surface area contributed by atoms with Crippen LogP contribution >= 0.6 is 0 Å². The van der Waals surface area contributed by atoms with Crippen molar-refractivity contribution in [1.82, 2.24) is 5.48 Å². The van der Waals surface area contributed by atoms with Gasteiger partial charge in [-0.2, -0.15) is 5.48 Å². The zero-order chi connectivity index (χ0) is 10.6. The number of hydrogen-bond acceptors (Lipinski definition) is 2. The molecule has 0 atom stereocenters. The first-order valence-corrected chi connectivity index (χ1v) is 4.63. The molecule has 0 bridgehead atoms. The summed E-state index contributed by atoms with van der Waals surface area (Å²) in [5, 5.41) is 0. The zero-order valence-electron chi connectivity index (χ0n) is 8.80. The van der Waals surface area contributed by atoms with Crippen molar-refractivity contribution < 1.29 is 9.23 Å². The molecule has 0 fully saturated rings. The van der Waals surface area contributed by atoms with Crippen LogP contribution in [0.3, 0.4) is 0 Å².